The quantitative estimate of drug-likeness (QED) is 0.197. The van der Waals surface area contributed by atoms with Gasteiger partial charge < -0.3 is 36.8 Å². The number of rotatable bonds is 11. The Bertz CT molecular complexity index is 841. The summed E-state index contributed by atoms with van der Waals surface area (Å²) in [6.45, 7) is 0.567. The van der Waals surface area contributed by atoms with E-state index in [1.807, 2.05) is 45.2 Å². The first-order valence-electron chi connectivity index (χ1n) is 8.80. The monoisotopic (exact) mass is 773 g/mol. The van der Waals surface area contributed by atoms with Crippen molar-refractivity contribution in [2.75, 3.05) is 51.2 Å². The van der Waals surface area contributed by atoms with Crippen molar-refractivity contribution >= 4 is 97.2 Å². The van der Waals surface area contributed by atoms with Gasteiger partial charge >= 0.3 is 11.9 Å². The van der Waals surface area contributed by atoms with E-state index in [4.69, 9.17) is 11.5 Å². The molecule has 7 N–H and O–H groups in total. The molecule has 0 aromatic heterocycles. The number of hydrogen-bond donors (Lipinski definition) is 5. The van der Waals surface area contributed by atoms with Gasteiger partial charge in [0.2, 0.25) is 11.8 Å². The highest BCUT2D eigenvalue weighted by Crippen LogP contribution is 2.37. The molecule has 0 aliphatic heterocycles. The van der Waals surface area contributed by atoms with Crippen LogP contribution in [0.2, 0.25) is 0 Å². The van der Waals surface area contributed by atoms with Crippen LogP contribution in [0, 0.1) is 10.7 Å². The number of hydrogen-bond acceptors (Lipinski definition) is 7. The molecule has 1 aromatic rings. The molecule has 0 spiro atoms. The normalized spacial score (nSPS) is 10.5. The van der Waals surface area contributed by atoms with Gasteiger partial charge in [0, 0.05) is 36.8 Å². The van der Waals surface area contributed by atoms with Crippen LogP contribution in [0.5, 0.6) is 0 Å². The van der Waals surface area contributed by atoms with Gasteiger partial charge in [-0.2, -0.15) is 0 Å². The van der Waals surface area contributed by atoms with Crippen molar-refractivity contribution in [3.63, 3.8) is 0 Å². The number of benzene rings is 1. The maximum Gasteiger partial charge on any atom is 0.337 e. The number of carboxylic acids is 2. The average molecular weight is 773 g/mol. The molecule has 1 aromatic carbocycles. The molecule has 0 bridgehead atoms. The number of nitrogens with two attached hydrogens (primary N) is 2. The van der Waals surface area contributed by atoms with Gasteiger partial charge in [0.15, 0.2) is 0 Å². The lowest BCUT2D eigenvalue weighted by Crippen LogP contribution is -2.45. The van der Waals surface area contributed by atoms with E-state index in [9.17, 15) is 29.4 Å². The Kier molecular flexibility index (Phi) is 11.7. The number of amides is 2. The molecule has 14 heteroatoms. The summed E-state index contributed by atoms with van der Waals surface area (Å²) in [5, 5.41) is 21.8. The molecule has 1 rings (SSSR count). The van der Waals surface area contributed by atoms with E-state index < -0.39 is 11.9 Å². The summed E-state index contributed by atoms with van der Waals surface area (Å²) in [6.07, 6.45) is 0. The first-order valence-corrected chi connectivity index (χ1v) is 12.0. The fourth-order valence-electron chi connectivity index (χ4n) is 2.64. The Morgan fingerprint density at radius 1 is 0.871 bits per heavy atom. The molecule has 0 saturated carbocycles. The lowest BCUT2D eigenvalue weighted by molar-refractivity contribution is -0.130. The zero-order valence-corrected chi connectivity index (χ0v) is 22.9. The molecule has 0 radical (unpaired) electrons. The lowest BCUT2D eigenvalue weighted by Gasteiger charge is -2.29. The van der Waals surface area contributed by atoms with Gasteiger partial charge in [-0.05, 0) is 67.8 Å². The molecule has 0 heterocycles. The van der Waals surface area contributed by atoms with Gasteiger partial charge in [-0.1, -0.05) is 0 Å². The minimum Gasteiger partial charge on any atom is -0.478 e. The Hall–Kier alpha value is -0.990. The molecular formula is C17H22I3N5O6. The largest absolute Gasteiger partial charge is 0.478 e. The fourth-order valence-corrected chi connectivity index (χ4v) is 7.55. The van der Waals surface area contributed by atoms with Crippen LogP contribution in [0.25, 0.3) is 0 Å². The molecule has 0 unspecified atom stereocenters. The van der Waals surface area contributed by atoms with Crippen LogP contribution in [0.15, 0.2) is 0 Å². The molecule has 2 amide bonds. The van der Waals surface area contributed by atoms with Gasteiger partial charge in [-0.15, -0.1) is 0 Å². The van der Waals surface area contributed by atoms with Gasteiger partial charge in [-0.25, -0.2) is 9.59 Å². The fraction of sp³-hybridized carbons (Fsp3) is 0.412. The van der Waals surface area contributed by atoms with E-state index in [1.165, 1.54) is 4.90 Å². The molecule has 0 aliphatic carbocycles. The summed E-state index contributed by atoms with van der Waals surface area (Å²) in [4.78, 5) is 50.1. The van der Waals surface area contributed by atoms with Crippen LogP contribution >= 0.6 is 67.8 Å². The second kappa shape index (κ2) is 12.9. The van der Waals surface area contributed by atoms with Gasteiger partial charge in [-0.3, -0.25) is 9.59 Å². The van der Waals surface area contributed by atoms with E-state index in [0.717, 1.165) is 0 Å². The summed E-state index contributed by atoms with van der Waals surface area (Å²) in [7, 11) is 1.69. The molecular weight excluding hydrogens is 751 g/mol. The summed E-state index contributed by atoms with van der Waals surface area (Å²) in [5.41, 5.74) is 11.0. The molecule has 0 fully saturated rings. The second-order valence-electron chi connectivity index (χ2n) is 6.21. The number of carbonyl (C=O) groups is 4. The maximum atomic E-state index is 12.2. The smallest absolute Gasteiger partial charge is 0.337 e. The third-order valence-electron chi connectivity index (χ3n) is 4.23. The number of anilines is 1. The number of carbonyl (C=O) groups excluding carboxylic acids is 2. The van der Waals surface area contributed by atoms with Crippen LogP contribution in [0.1, 0.15) is 20.7 Å². The molecule has 172 valence electrons. The number of nitrogens with one attached hydrogen (secondary N) is 1. The summed E-state index contributed by atoms with van der Waals surface area (Å²) < 4.78 is 0.954. The van der Waals surface area contributed by atoms with Crippen LogP contribution in [-0.2, 0) is 9.59 Å². The Balaban J connectivity index is 3.17. The molecule has 11 nitrogen and oxygen atoms in total. The van der Waals surface area contributed by atoms with Gasteiger partial charge in [0.05, 0.1) is 37.0 Å². The number of aromatic carboxylic acids is 2. The van der Waals surface area contributed by atoms with Crippen molar-refractivity contribution in [2.24, 2.45) is 11.5 Å². The third-order valence-corrected chi connectivity index (χ3v) is 7.40. The Morgan fingerprint density at radius 3 is 1.81 bits per heavy atom. The molecule has 0 saturated heterocycles. The zero-order valence-electron chi connectivity index (χ0n) is 16.5. The Morgan fingerprint density at radius 2 is 1.39 bits per heavy atom. The second-order valence-corrected chi connectivity index (χ2v) is 9.45. The van der Waals surface area contributed by atoms with Crippen molar-refractivity contribution in [1.82, 2.24) is 10.2 Å². The van der Waals surface area contributed by atoms with Gasteiger partial charge in [0.25, 0.3) is 0 Å². The summed E-state index contributed by atoms with van der Waals surface area (Å²) in [5.74, 6) is -3.11. The lowest BCUT2D eigenvalue weighted by atomic mass is 10.1. The van der Waals surface area contributed by atoms with Crippen molar-refractivity contribution < 1.29 is 29.4 Å². The van der Waals surface area contributed by atoms with Crippen LogP contribution in [-0.4, -0.2) is 85.2 Å². The minimum atomic E-state index is -1.22. The van der Waals surface area contributed by atoms with Crippen LogP contribution in [0.4, 0.5) is 5.69 Å². The van der Waals surface area contributed by atoms with Crippen LogP contribution < -0.4 is 21.7 Å². The van der Waals surface area contributed by atoms with Crippen LogP contribution in [0.3, 0.4) is 0 Å². The van der Waals surface area contributed by atoms with E-state index in [2.05, 4.69) is 5.32 Å². The maximum absolute atomic E-state index is 12.2. The van der Waals surface area contributed by atoms with Crippen molar-refractivity contribution in [3.05, 3.63) is 21.8 Å². The first kappa shape index (κ1) is 28.0. The highest BCUT2D eigenvalue weighted by Gasteiger charge is 2.29. The standard InChI is InChI=1S/C17H22I3N5O6/c1-24(4-5-25(9(27)7-22)3-2-23-8(26)6-21)15-13(19)10(16(28)29)12(18)11(14(15)20)17(30)31/h2-7,21-22H2,1H3,(H,23,26)(H,28,29)(H,30,31). The average Bonchev–Trinajstić information content (AvgIpc) is 2.68. The van der Waals surface area contributed by atoms with E-state index in [-0.39, 0.29) is 65.8 Å². The van der Waals surface area contributed by atoms with Gasteiger partial charge in [0.1, 0.15) is 0 Å². The first-order chi connectivity index (χ1) is 14.5. The molecule has 0 aliphatic rings. The van der Waals surface area contributed by atoms with Crippen molar-refractivity contribution in [1.29, 1.82) is 0 Å². The van der Waals surface area contributed by atoms with E-state index >= 15 is 0 Å². The van der Waals surface area contributed by atoms with E-state index in [1.54, 1.807) is 34.5 Å². The number of nitrogens with zero attached hydrogens (tertiary/aromatic N) is 2. The van der Waals surface area contributed by atoms with E-state index in [0.29, 0.717) is 12.8 Å². The highest BCUT2D eigenvalue weighted by molar-refractivity contribution is 14.1. The number of likely N-dealkylation sites (N-methyl/N-ethyl adjacent to an activating group) is 1. The number of carboxylic acid groups (broad SMARTS) is 2. The predicted molar refractivity (Wildman–Crippen MR) is 139 cm³/mol. The Labute approximate surface area is 219 Å². The summed E-state index contributed by atoms with van der Waals surface area (Å²) in [6, 6.07) is 0. The highest BCUT2D eigenvalue weighted by atomic mass is 127. The molecule has 0 atom stereocenters. The van der Waals surface area contributed by atoms with Crippen molar-refractivity contribution in [3.8, 4) is 0 Å². The number of halogens is 3. The zero-order chi connectivity index (χ0) is 23.9. The molecule has 31 heavy (non-hydrogen) atoms. The van der Waals surface area contributed by atoms with Crippen molar-refractivity contribution in [2.45, 2.75) is 0 Å². The SMILES string of the molecule is CN(CCN(CCNC(=O)CN)C(=O)CN)c1c(I)c(C(=O)O)c(I)c(C(=O)O)c1I. The predicted octanol–water partition coefficient (Wildman–Crippen LogP) is 0.195. The topological polar surface area (TPSA) is 179 Å². The summed E-state index contributed by atoms with van der Waals surface area (Å²) >= 11 is 5.51. The minimum absolute atomic E-state index is 0.0831. The third kappa shape index (κ3) is 7.26.